The minimum Gasteiger partial charge on any atom is -0.493 e. The summed E-state index contributed by atoms with van der Waals surface area (Å²) < 4.78 is 33.0. The van der Waals surface area contributed by atoms with E-state index in [1.54, 1.807) is 18.2 Å². The number of nitrogens with one attached hydrogen (secondary N) is 1. The van der Waals surface area contributed by atoms with E-state index in [0.29, 0.717) is 11.5 Å². The standard InChI is InChI=1S/C14H20N2O3S.ClH/c15-11-1-3-12(4-2-11)16-20(17,18)13-5-6-14-10(9-13)7-8-19-14;/h5-6,9,11-12,16H,1-4,7-8,15H2;1H. The van der Waals surface area contributed by atoms with Gasteiger partial charge in [-0.2, -0.15) is 0 Å². The fourth-order valence-corrected chi connectivity index (χ4v) is 4.21. The van der Waals surface area contributed by atoms with E-state index in [9.17, 15) is 8.42 Å². The maximum atomic E-state index is 12.4. The Kier molecular flexibility index (Phi) is 5.14. The molecule has 0 saturated heterocycles. The van der Waals surface area contributed by atoms with Crippen LogP contribution in [0.1, 0.15) is 31.2 Å². The molecule has 21 heavy (non-hydrogen) atoms. The third kappa shape index (κ3) is 3.69. The molecular formula is C14H21ClN2O3S. The van der Waals surface area contributed by atoms with Crippen molar-refractivity contribution in [3.8, 4) is 5.75 Å². The lowest BCUT2D eigenvalue weighted by Crippen LogP contribution is -2.40. The summed E-state index contributed by atoms with van der Waals surface area (Å²) >= 11 is 0. The smallest absolute Gasteiger partial charge is 0.240 e. The quantitative estimate of drug-likeness (QED) is 0.880. The second-order valence-electron chi connectivity index (χ2n) is 5.60. The maximum Gasteiger partial charge on any atom is 0.240 e. The van der Waals surface area contributed by atoms with Gasteiger partial charge in [0, 0.05) is 18.5 Å². The van der Waals surface area contributed by atoms with Crippen molar-refractivity contribution in [2.24, 2.45) is 5.73 Å². The van der Waals surface area contributed by atoms with E-state index in [2.05, 4.69) is 4.72 Å². The first-order valence-corrected chi connectivity index (χ1v) is 8.56. The summed E-state index contributed by atoms with van der Waals surface area (Å²) in [6.07, 6.45) is 4.16. The van der Waals surface area contributed by atoms with Gasteiger partial charge in [-0.25, -0.2) is 13.1 Å². The Morgan fingerprint density at radius 2 is 1.90 bits per heavy atom. The summed E-state index contributed by atoms with van der Waals surface area (Å²) in [5, 5.41) is 0. The number of sulfonamides is 1. The zero-order valence-electron chi connectivity index (χ0n) is 11.7. The average Bonchev–Trinajstić information content (AvgIpc) is 2.88. The van der Waals surface area contributed by atoms with Gasteiger partial charge in [0.2, 0.25) is 10.0 Å². The topological polar surface area (TPSA) is 81.4 Å². The van der Waals surface area contributed by atoms with Gasteiger partial charge in [0.25, 0.3) is 0 Å². The predicted octanol–water partition coefficient (Wildman–Crippen LogP) is 1.59. The lowest BCUT2D eigenvalue weighted by Gasteiger charge is -2.26. The number of fused-ring (bicyclic) bond motifs is 1. The summed E-state index contributed by atoms with van der Waals surface area (Å²) in [5.74, 6) is 0.799. The van der Waals surface area contributed by atoms with Crippen LogP contribution >= 0.6 is 12.4 Å². The highest BCUT2D eigenvalue weighted by Crippen LogP contribution is 2.28. The van der Waals surface area contributed by atoms with Crippen LogP contribution in [0.2, 0.25) is 0 Å². The first-order valence-electron chi connectivity index (χ1n) is 7.08. The molecule has 118 valence electrons. The van der Waals surface area contributed by atoms with Crippen molar-refractivity contribution in [1.29, 1.82) is 0 Å². The molecule has 1 heterocycles. The van der Waals surface area contributed by atoms with Crippen molar-refractivity contribution < 1.29 is 13.2 Å². The number of ether oxygens (including phenoxy) is 1. The van der Waals surface area contributed by atoms with Gasteiger partial charge in [-0.1, -0.05) is 0 Å². The molecule has 0 unspecified atom stereocenters. The van der Waals surface area contributed by atoms with Gasteiger partial charge in [-0.15, -0.1) is 12.4 Å². The van der Waals surface area contributed by atoms with Crippen LogP contribution in [0.15, 0.2) is 23.1 Å². The molecule has 0 bridgehead atoms. The van der Waals surface area contributed by atoms with Crippen LogP contribution in [0.25, 0.3) is 0 Å². The molecule has 0 amide bonds. The molecule has 3 rings (SSSR count). The molecule has 7 heteroatoms. The summed E-state index contributed by atoms with van der Waals surface area (Å²) in [6.45, 7) is 0.632. The molecule has 0 spiro atoms. The largest absolute Gasteiger partial charge is 0.493 e. The second-order valence-corrected chi connectivity index (χ2v) is 7.31. The van der Waals surface area contributed by atoms with Gasteiger partial charge < -0.3 is 10.5 Å². The molecule has 1 aromatic rings. The molecule has 1 aliphatic carbocycles. The normalized spacial score (nSPS) is 24.8. The summed E-state index contributed by atoms with van der Waals surface area (Å²) in [4.78, 5) is 0.330. The fraction of sp³-hybridized carbons (Fsp3) is 0.571. The van der Waals surface area contributed by atoms with Gasteiger partial charge >= 0.3 is 0 Å². The Morgan fingerprint density at radius 1 is 1.19 bits per heavy atom. The van der Waals surface area contributed by atoms with Crippen molar-refractivity contribution in [1.82, 2.24) is 4.72 Å². The van der Waals surface area contributed by atoms with Crippen molar-refractivity contribution in [2.75, 3.05) is 6.61 Å². The lowest BCUT2D eigenvalue weighted by molar-refractivity contribution is 0.356. The first kappa shape index (κ1) is 16.5. The highest BCUT2D eigenvalue weighted by Gasteiger charge is 2.25. The first-order chi connectivity index (χ1) is 9.54. The molecule has 0 radical (unpaired) electrons. The molecule has 1 saturated carbocycles. The minimum atomic E-state index is -3.45. The fourth-order valence-electron chi connectivity index (χ4n) is 2.85. The molecule has 1 fully saturated rings. The molecule has 5 nitrogen and oxygen atoms in total. The van der Waals surface area contributed by atoms with Crippen LogP contribution in [0.4, 0.5) is 0 Å². The van der Waals surface area contributed by atoms with E-state index in [0.717, 1.165) is 43.4 Å². The van der Waals surface area contributed by atoms with Crippen molar-refractivity contribution >= 4 is 22.4 Å². The maximum absolute atomic E-state index is 12.4. The van der Waals surface area contributed by atoms with E-state index in [-0.39, 0.29) is 24.5 Å². The number of halogens is 1. The average molecular weight is 333 g/mol. The predicted molar refractivity (Wildman–Crippen MR) is 83.4 cm³/mol. The highest BCUT2D eigenvalue weighted by atomic mass is 35.5. The summed E-state index contributed by atoms with van der Waals surface area (Å²) in [6, 6.07) is 5.30. The molecule has 1 aliphatic heterocycles. The Hall–Kier alpha value is -0.820. The van der Waals surface area contributed by atoms with Crippen LogP contribution in [0.5, 0.6) is 5.75 Å². The number of hydrogen-bond donors (Lipinski definition) is 2. The van der Waals surface area contributed by atoms with Crippen molar-refractivity contribution in [3.05, 3.63) is 23.8 Å². The second kappa shape index (κ2) is 6.52. The van der Waals surface area contributed by atoms with E-state index >= 15 is 0 Å². The third-order valence-electron chi connectivity index (χ3n) is 4.06. The van der Waals surface area contributed by atoms with Gasteiger partial charge in [-0.05, 0) is 49.4 Å². The van der Waals surface area contributed by atoms with Gasteiger partial charge in [0.1, 0.15) is 5.75 Å². The molecular weight excluding hydrogens is 312 g/mol. The Bertz CT molecular complexity index is 598. The molecule has 1 aromatic carbocycles. The van der Waals surface area contributed by atoms with Gasteiger partial charge in [-0.3, -0.25) is 0 Å². The number of hydrogen-bond acceptors (Lipinski definition) is 4. The lowest BCUT2D eigenvalue weighted by atomic mass is 9.93. The monoisotopic (exact) mass is 332 g/mol. The molecule has 0 aromatic heterocycles. The summed E-state index contributed by atoms with van der Waals surface area (Å²) in [7, 11) is -3.45. The number of benzene rings is 1. The van der Waals surface area contributed by atoms with Crippen LogP contribution in [0, 0.1) is 0 Å². The number of nitrogens with two attached hydrogens (primary N) is 1. The molecule has 3 N–H and O–H groups in total. The Balaban J connectivity index is 0.00000161. The Labute approximate surface area is 131 Å². The summed E-state index contributed by atoms with van der Waals surface area (Å²) in [5.41, 5.74) is 6.81. The van der Waals surface area contributed by atoms with E-state index in [1.165, 1.54) is 0 Å². The van der Waals surface area contributed by atoms with E-state index in [4.69, 9.17) is 10.5 Å². The van der Waals surface area contributed by atoms with Crippen LogP contribution in [-0.2, 0) is 16.4 Å². The SMILES string of the molecule is Cl.NC1CCC(NS(=O)(=O)c2ccc3c(c2)CCO3)CC1. The van der Waals surface area contributed by atoms with Crippen molar-refractivity contribution in [3.63, 3.8) is 0 Å². The zero-order chi connectivity index (χ0) is 14.2. The van der Waals surface area contributed by atoms with E-state index < -0.39 is 10.0 Å². The minimum absolute atomic E-state index is 0. The highest BCUT2D eigenvalue weighted by molar-refractivity contribution is 7.89. The Morgan fingerprint density at radius 3 is 2.62 bits per heavy atom. The van der Waals surface area contributed by atoms with Gasteiger partial charge in [0.15, 0.2) is 0 Å². The van der Waals surface area contributed by atoms with Crippen LogP contribution in [-0.4, -0.2) is 27.1 Å². The number of rotatable bonds is 3. The van der Waals surface area contributed by atoms with Crippen LogP contribution < -0.4 is 15.2 Å². The molecule has 0 atom stereocenters. The van der Waals surface area contributed by atoms with Crippen LogP contribution in [0.3, 0.4) is 0 Å². The van der Waals surface area contributed by atoms with Gasteiger partial charge in [0.05, 0.1) is 11.5 Å². The third-order valence-corrected chi connectivity index (χ3v) is 5.58. The van der Waals surface area contributed by atoms with Crippen molar-refractivity contribution in [2.45, 2.75) is 49.1 Å². The molecule has 2 aliphatic rings. The zero-order valence-corrected chi connectivity index (χ0v) is 13.4. The van der Waals surface area contributed by atoms with E-state index in [1.807, 2.05) is 0 Å².